The van der Waals surface area contributed by atoms with Gasteiger partial charge in [0.1, 0.15) is 0 Å². The van der Waals surface area contributed by atoms with E-state index in [1.165, 1.54) is 24.8 Å². The third-order valence-electron chi connectivity index (χ3n) is 2.33. The number of hydrogen-bond acceptors (Lipinski definition) is 2. The minimum Gasteiger partial charge on any atom is -0.398 e. The van der Waals surface area contributed by atoms with Gasteiger partial charge in [0.15, 0.2) is 0 Å². The predicted octanol–water partition coefficient (Wildman–Crippen LogP) is 2.55. The molecule has 0 aliphatic heterocycles. The van der Waals surface area contributed by atoms with Crippen molar-refractivity contribution in [3.8, 4) is 0 Å². The number of para-hydroxylation sites is 1. The number of nitrogens with one attached hydrogen (secondary N) is 1. The first-order valence-electron chi connectivity index (χ1n) is 5.38. The van der Waals surface area contributed by atoms with Crippen LogP contribution in [0.15, 0.2) is 24.3 Å². The Balaban J connectivity index is 2.21. The van der Waals surface area contributed by atoms with Crippen LogP contribution in [0.5, 0.6) is 0 Å². The highest BCUT2D eigenvalue weighted by atomic mass is 14.8. The molecule has 2 nitrogen and oxygen atoms in total. The van der Waals surface area contributed by atoms with Gasteiger partial charge in [-0.1, -0.05) is 38.0 Å². The van der Waals surface area contributed by atoms with Crippen LogP contribution in [0, 0.1) is 0 Å². The van der Waals surface area contributed by atoms with Crippen molar-refractivity contribution < 1.29 is 0 Å². The molecule has 3 N–H and O–H groups in total. The molecule has 0 saturated carbocycles. The Hall–Kier alpha value is -1.02. The van der Waals surface area contributed by atoms with E-state index < -0.39 is 0 Å². The largest absolute Gasteiger partial charge is 0.398 e. The van der Waals surface area contributed by atoms with Crippen LogP contribution in [0.3, 0.4) is 0 Å². The summed E-state index contributed by atoms with van der Waals surface area (Å²) in [5.41, 5.74) is 7.90. The SMILES string of the molecule is CCCCCNCc1ccccc1N. The molecule has 0 aliphatic rings. The lowest BCUT2D eigenvalue weighted by atomic mass is 10.2. The lowest BCUT2D eigenvalue weighted by Gasteiger charge is -2.06. The van der Waals surface area contributed by atoms with Gasteiger partial charge in [-0.25, -0.2) is 0 Å². The highest BCUT2D eigenvalue weighted by Gasteiger charge is 1.95. The summed E-state index contributed by atoms with van der Waals surface area (Å²) in [6.07, 6.45) is 3.83. The van der Waals surface area contributed by atoms with Gasteiger partial charge in [-0.05, 0) is 24.6 Å². The monoisotopic (exact) mass is 192 g/mol. The molecule has 0 spiro atoms. The molecule has 1 aromatic rings. The molecular formula is C12H20N2. The van der Waals surface area contributed by atoms with Crippen LogP contribution in [0.2, 0.25) is 0 Å². The smallest absolute Gasteiger partial charge is 0.0359 e. The average molecular weight is 192 g/mol. The van der Waals surface area contributed by atoms with Gasteiger partial charge in [-0.15, -0.1) is 0 Å². The molecule has 0 unspecified atom stereocenters. The molecule has 0 fully saturated rings. The number of rotatable bonds is 6. The van der Waals surface area contributed by atoms with Crippen LogP contribution in [0.1, 0.15) is 31.7 Å². The van der Waals surface area contributed by atoms with Crippen molar-refractivity contribution in [2.45, 2.75) is 32.7 Å². The zero-order valence-electron chi connectivity index (χ0n) is 8.92. The van der Waals surface area contributed by atoms with E-state index in [0.717, 1.165) is 18.8 Å². The van der Waals surface area contributed by atoms with Crippen molar-refractivity contribution in [1.82, 2.24) is 5.32 Å². The third-order valence-corrected chi connectivity index (χ3v) is 2.33. The Morgan fingerprint density at radius 2 is 2.00 bits per heavy atom. The van der Waals surface area contributed by atoms with Crippen LogP contribution in [-0.2, 0) is 6.54 Å². The maximum atomic E-state index is 5.82. The molecule has 0 heterocycles. The number of hydrogen-bond donors (Lipinski definition) is 2. The molecule has 0 saturated heterocycles. The molecule has 14 heavy (non-hydrogen) atoms. The molecule has 0 aliphatic carbocycles. The standard InChI is InChI=1S/C12H20N2/c1-2-3-6-9-14-10-11-7-4-5-8-12(11)13/h4-5,7-8,14H,2-3,6,9-10,13H2,1H3. The first-order valence-corrected chi connectivity index (χ1v) is 5.38. The van der Waals surface area contributed by atoms with Crippen molar-refractivity contribution in [2.75, 3.05) is 12.3 Å². The molecule has 2 heteroatoms. The zero-order chi connectivity index (χ0) is 10.2. The predicted molar refractivity (Wildman–Crippen MR) is 62.1 cm³/mol. The quantitative estimate of drug-likeness (QED) is 0.537. The molecule has 0 amide bonds. The second kappa shape index (κ2) is 6.44. The fourth-order valence-electron chi connectivity index (χ4n) is 1.42. The van der Waals surface area contributed by atoms with Crippen molar-refractivity contribution in [1.29, 1.82) is 0 Å². The van der Waals surface area contributed by atoms with Crippen molar-refractivity contribution in [2.24, 2.45) is 0 Å². The summed E-state index contributed by atoms with van der Waals surface area (Å²) in [7, 11) is 0. The summed E-state index contributed by atoms with van der Waals surface area (Å²) in [6, 6.07) is 8.01. The van der Waals surface area contributed by atoms with E-state index in [2.05, 4.69) is 18.3 Å². The molecule has 78 valence electrons. The Labute approximate surface area is 86.5 Å². The Kier molecular flexibility index (Phi) is 5.08. The molecule has 1 rings (SSSR count). The topological polar surface area (TPSA) is 38.0 Å². The first kappa shape index (κ1) is 11.1. The molecule has 1 aromatic carbocycles. The van der Waals surface area contributed by atoms with E-state index in [1.54, 1.807) is 0 Å². The van der Waals surface area contributed by atoms with E-state index >= 15 is 0 Å². The van der Waals surface area contributed by atoms with Gasteiger partial charge in [0.2, 0.25) is 0 Å². The average Bonchev–Trinajstić information content (AvgIpc) is 2.20. The highest BCUT2D eigenvalue weighted by molar-refractivity contribution is 5.46. The van der Waals surface area contributed by atoms with E-state index in [9.17, 15) is 0 Å². The number of nitrogen functional groups attached to an aromatic ring is 1. The second-order valence-electron chi connectivity index (χ2n) is 3.58. The van der Waals surface area contributed by atoms with E-state index in [4.69, 9.17) is 5.73 Å². The maximum absolute atomic E-state index is 5.82. The first-order chi connectivity index (χ1) is 6.84. The maximum Gasteiger partial charge on any atom is 0.0359 e. The fraction of sp³-hybridized carbons (Fsp3) is 0.500. The normalized spacial score (nSPS) is 10.4. The summed E-state index contributed by atoms with van der Waals surface area (Å²) in [4.78, 5) is 0. The van der Waals surface area contributed by atoms with Crippen LogP contribution >= 0.6 is 0 Å². The van der Waals surface area contributed by atoms with E-state index in [0.29, 0.717) is 0 Å². The summed E-state index contributed by atoms with van der Waals surface area (Å²) >= 11 is 0. The van der Waals surface area contributed by atoms with Crippen LogP contribution in [0.4, 0.5) is 5.69 Å². The minimum atomic E-state index is 0.885. The van der Waals surface area contributed by atoms with Gasteiger partial charge in [0.25, 0.3) is 0 Å². The number of benzene rings is 1. The molecule has 0 atom stereocenters. The van der Waals surface area contributed by atoms with Crippen LogP contribution in [-0.4, -0.2) is 6.54 Å². The van der Waals surface area contributed by atoms with E-state index in [-0.39, 0.29) is 0 Å². The van der Waals surface area contributed by atoms with Gasteiger partial charge in [0, 0.05) is 12.2 Å². The van der Waals surface area contributed by atoms with Crippen LogP contribution in [0.25, 0.3) is 0 Å². The number of nitrogens with two attached hydrogens (primary N) is 1. The summed E-state index contributed by atoms with van der Waals surface area (Å²) in [6.45, 7) is 4.19. The lowest BCUT2D eigenvalue weighted by molar-refractivity contribution is 0.617. The van der Waals surface area contributed by atoms with Gasteiger partial charge < -0.3 is 11.1 Å². The molecule has 0 bridgehead atoms. The Bertz CT molecular complexity index is 258. The zero-order valence-corrected chi connectivity index (χ0v) is 8.92. The van der Waals surface area contributed by atoms with Crippen LogP contribution < -0.4 is 11.1 Å². The fourth-order valence-corrected chi connectivity index (χ4v) is 1.42. The van der Waals surface area contributed by atoms with Gasteiger partial charge >= 0.3 is 0 Å². The minimum absolute atomic E-state index is 0.885. The number of anilines is 1. The third kappa shape index (κ3) is 3.79. The van der Waals surface area contributed by atoms with E-state index in [1.807, 2.05) is 18.2 Å². The summed E-state index contributed by atoms with van der Waals surface area (Å²) < 4.78 is 0. The summed E-state index contributed by atoms with van der Waals surface area (Å²) in [5.74, 6) is 0. The summed E-state index contributed by atoms with van der Waals surface area (Å²) in [5, 5.41) is 3.40. The van der Waals surface area contributed by atoms with Crippen molar-refractivity contribution in [3.05, 3.63) is 29.8 Å². The van der Waals surface area contributed by atoms with Crippen molar-refractivity contribution in [3.63, 3.8) is 0 Å². The van der Waals surface area contributed by atoms with Crippen molar-refractivity contribution >= 4 is 5.69 Å². The van der Waals surface area contributed by atoms with Gasteiger partial charge in [-0.2, -0.15) is 0 Å². The number of unbranched alkanes of at least 4 members (excludes halogenated alkanes) is 2. The van der Waals surface area contributed by atoms with Gasteiger partial charge in [-0.3, -0.25) is 0 Å². The molecule has 0 aromatic heterocycles. The highest BCUT2D eigenvalue weighted by Crippen LogP contribution is 2.09. The Morgan fingerprint density at radius 3 is 2.71 bits per heavy atom. The lowest BCUT2D eigenvalue weighted by Crippen LogP contribution is -2.15. The van der Waals surface area contributed by atoms with Gasteiger partial charge in [0.05, 0.1) is 0 Å². The molecular weight excluding hydrogens is 172 g/mol. The Morgan fingerprint density at radius 1 is 1.21 bits per heavy atom. The molecule has 0 radical (unpaired) electrons. The second-order valence-corrected chi connectivity index (χ2v) is 3.58.